The number of carbonyl (C=O) groups is 2. The molecular formula is C25H30O13. The highest BCUT2D eigenvalue weighted by Gasteiger charge is 2.45. The third kappa shape index (κ3) is 7.03. The van der Waals surface area contributed by atoms with E-state index in [0.717, 1.165) is 18.4 Å². The number of benzene rings is 1. The van der Waals surface area contributed by atoms with Gasteiger partial charge in [0.2, 0.25) is 0 Å². The van der Waals surface area contributed by atoms with Crippen molar-refractivity contribution in [3.63, 3.8) is 0 Å². The van der Waals surface area contributed by atoms with Crippen LogP contribution < -0.4 is 0 Å². The Labute approximate surface area is 217 Å². The number of hydrogen-bond donors (Lipinski definition) is 7. The largest absolute Gasteiger partial charge is 0.508 e. The fraction of sp³-hybridized carbons (Fsp3) is 0.440. The molecule has 13 heteroatoms. The van der Waals surface area contributed by atoms with E-state index in [1.807, 2.05) is 0 Å². The first-order chi connectivity index (χ1) is 18.0. The van der Waals surface area contributed by atoms with Crippen LogP contribution >= 0.6 is 0 Å². The quantitative estimate of drug-likeness (QED) is 0.106. The molecule has 0 aliphatic carbocycles. The smallest absolute Gasteiger partial charge is 0.337 e. The molecule has 7 N–H and O–H groups in total. The zero-order valence-corrected chi connectivity index (χ0v) is 20.2. The highest BCUT2D eigenvalue weighted by molar-refractivity contribution is 5.92. The van der Waals surface area contributed by atoms with Crippen molar-refractivity contribution >= 4 is 18.0 Å². The number of aliphatic hydroxyl groups excluding tert-OH is 6. The molecule has 3 rings (SSSR count). The van der Waals surface area contributed by atoms with Gasteiger partial charge in [0, 0.05) is 6.08 Å². The Bertz CT molecular complexity index is 1060. The SMILES string of the molecule is C/C(=C\OC(=O)/C=C/c1ccc(O)cc1)[C@@H](O)[C@@H]1OC(=O)/C(=C\CO[C@H]2O[C@@H](CO)[C@@H](O)[C@@H](O)[C@H]2O)[C@H]1O. The van der Waals surface area contributed by atoms with Gasteiger partial charge < -0.3 is 54.7 Å². The van der Waals surface area contributed by atoms with E-state index < -0.39 is 74.2 Å². The van der Waals surface area contributed by atoms with Crippen LogP contribution in [0.2, 0.25) is 0 Å². The van der Waals surface area contributed by atoms with Crippen molar-refractivity contribution < 1.29 is 64.3 Å². The van der Waals surface area contributed by atoms with E-state index in [-0.39, 0.29) is 16.9 Å². The van der Waals surface area contributed by atoms with Gasteiger partial charge in [-0.15, -0.1) is 0 Å². The topological polar surface area (TPSA) is 213 Å². The Hall–Kier alpha value is -3.14. The molecule has 0 saturated carbocycles. The molecule has 0 aromatic heterocycles. The summed E-state index contributed by atoms with van der Waals surface area (Å²) in [5.74, 6) is -1.63. The van der Waals surface area contributed by atoms with Crippen molar-refractivity contribution in [3.8, 4) is 5.75 Å². The molecule has 0 bridgehead atoms. The Kier molecular flexibility index (Phi) is 10.1. The van der Waals surface area contributed by atoms with Gasteiger partial charge in [0.25, 0.3) is 0 Å². The van der Waals surface area contributed by atoms with Crippen molar-refractivity contribution in [1.29, 1.82) is 0 Å². The van der Waals surface area contributed by atoms with Gasteiger partial charge in [-0.3, -0.25) is 0 Å². The number of aromatic hydroxyl groups is 1. The van der Waals surface area contributed by atoms with Crippen LogP contribution in [0.15, 0.2) is 53.8 Å². The molecular weight excluding hydrogens is 508 g/mol. The van der Waals surface area contributed by atoms with Gasteiger partial charge in [-0.05, 0) is 42.3 Å². The minimum atomic E-state index is -1.65. The number of cyclic esters (lactones) is 1. The van der Waals surface area contributed by atoms with Crippen LogP contribution in [0.25, 0.3) is 6.08 Å². The van der Waals surface area contributed by atoms with Crippen LogP contribution in [-0.2, 0) is 28.5 Å². The number of ether oxygens (including phenoxy) is 4. The summed E-state index contributed by atoms with van der Waals surface area (Å²) in [7, 11) is 0. The highest BCUT2D eigenvalue weighted by Crippen LogP contribution is 2.27. The standard InChI is InChI=1S/C25H30O13/c1-12(11-36-17(28)7-4-13-2-5-14(27)6-3-13)18(29)23-19(30)15(24(34)38-23)8-9-35-25-22(33)21(32)20(31)16(10-26)37-25/h2-8,11,16,18-23,25-27,29-33H,9-10H2,1H3/b7-4+,12-11+,15-8-/t16-,18+,19+,20+,21+,22+,23-,25-/m0/s1. The van der Waals surface area contributed by atoms with Gasteiger partial charge in [0.1, 0.15) is 42.4 Å². The zero-order chi connectivity index (χ0) is 28.0. The maximum Gasteiger partial charge on any atom is 0.337 e. The third-order valence-corrected chi connectivity index (χ3v) is 5.96. The number of hydrogen-bond acceptors (Lipinski definition) is 13. The van der Waals surface area contributed by atoms with Crippen molar-refractivity contribution in [2.75, 3.05) is 13.2 Å². The lowest BCUT2D eigenvalue weighted by molar-refractivity contribution is -0.298. The van der Waals surface area contributed by atoms with Crippen molar-refractivity contribution in [2.45, 2.75) is 55.9 Å². The summed E-state index contributed by atoms with van der Waals surface area (Å²) in [5, 5.41) is 69.1. The predicted molar refractivity (Wildman–Crippen MR) is 127 cm³/mol. The first-order valence-electron chi connectivity index (χ1n) is 11.6. The van der Waals surface area contributed by atoms with Crippen LogP contribution in [0, 0.1) is 0 Å². The second-order valence-corrected chi connectivity index (χ2v) is 8.67. The first kappa shape index (κ1) is 29.4. The molecule has 1 aromatic carbocycles. The molecule has 1 aromatic rings. The normalized spacial score (nSPS) is 32.0. The van der Waals surface area contributed by atoms with Crippen LogP contribution in [0.4, 0.5) is 0 Å². The van der Waals surface area contributed by atoms with Crippen LogP contribution in [0.5, 0.6) is 5.75 Å². The fourth-order valence-electron chi connectivity index (χ4n) is 3.70. The molecule has 2 aliphatic heterocycles. The van der Waals surface area contributed by atoms with Crippen LogP contribution in [0.1, 0.15) is 12.5 Å². The van der Waals surface area contributed by atoms with Gasteiger partial charge in [-0.2, -0.15) is 0 Å². The van der Waals surface area contributed by atoms with E-state index in [2.05, 4.69) is 0 Å². The first-order valence-corrected chi connectivity index (χ1v) is 11.6. The summed E-state index contributed by atoms with van der Waals surface area (Å²) in [4.78, 5) is 24.2. The number of rotatable bonds is 9. The molecule has 38 heavy (non-hydrogen) atoms. The molecule has 2 aliphatic rings. The van der Waals surface area contributed by atoms with E-state index in [9.17, 15) is 45.3 Å². The second-order valence-electron chi connectivity index (χ2n) is 8.67. The Morgan fingerprint density at radius 1 is 1.11 bits per heavy atom. The summed E-state index contributed by atoms with van der Waals surface area (Å²) < 4.78 is 20.5. The lowest BCUT2D eigenvalue weighted by Gasteiger charge is -2.39. The summed E-state index contributed by atoms with van der Waals surface area (Å²) in [6.07, 6.45) is -7.33. The number of carbonyl (C=O) groups excluding carboxylic acids is 2. The van der Waals surface area contributed by atoms with Gasteiger partial charge in [0.05, 0.1) is 25.0 Å². The molecule has 2 saturated heterocycles. The van der Waals surface area contributed by atoms with E-state index >= 15 is 0 Å². The minimum absolute atomic E-state index is 0.0754. The van der Waals surface area contributed by atoms with Crippen molar-refractivity contribution in [2.24, 2.45) is 0 Å². The van der Waals surface area contributed by atoms with Crippen LogP contribution in [0.3, 0.4) is 0 Å². The van der Waals surface area contributed by atoms with Gasteiger partial charge in [-0.1, -0.05) is 12.1 Å². The van der Waals surface area contributed by atoms with E-state index in [4.69, 9.17) is 18.9 Å². The fourth-order valence-corrected chi connectivity index (χ4v) is 3.70. The molecule has 13 nitrogen and oxygen atoms in total. The summed E-state index contributed by atoms with van der Waals surface area (Å²) in [6, 6.07) is 6.06. The lowest BCUT2D eigenvalue weighted by atomic mass is 9.99. The monoisotopic (exact) mass is 538 g/mol. The van der Waals surface area contributed by atoms with E-state index in [0.29, 0.717) is 5.56 Å². The average Bonchev–Trinajstić information content (AvgIpc) is 3.19. The Morgan fingerprint density at radius 2 is 1.79 bits per heavy atom. The summed E-state index contributed by atoms with van der Waals surface area (Å²) in [5.41, 5.74) is 0.462. The summed E-state index contributed by atoms with van der Waals surface area (Å²) >= 11 is 0. The van der Waals surface area contributed by atoms with Crippen molar-refractivity contribution in [1.82, 2.24) is 0 Å². The van der Waals surface area contributed by atoms with E-state index in [1.54, 1.807) is 12.1 Å². The van der Waals surface area contributed by atoms with Crippen molar-refractivity contribution in [3.05, 3.63) is 59.4 Å². The number of phenolic OH excluding ortho intramolecular Hbond substituents is 1. The molecule has 208 valence electrons. The molecule has 0 radical (unpaired) electrons. The molecule has 0 spiro atoms. The Balaban J connectivity index is 1.55. The van der Waals surface area contributed by atoms with E-state index in [1.165, 1.54) is 25.1 Å². The highest BCUT2D eigenvalue weighted by atomic mass is 16.7. The maximum atomic E-state index is 12.2. The molecule has 8 atom stereocenters. The summed E-state index contributed by atoms with van der Waals surface area (Å²) in [6.45, 7) is 0.353. The van der Waals surface area contributed by atoms with Gasteiger partial charge in [0.15, 0.2) is 12.4 Å². The molecule has 2 heterocycles. The molecule has 0 amide bonds. The Morgan fingerprint density at radius 3 is 2.45 bits per heavy atom. The predicted octanol–water partition coefficient (Wildman–Crippen LogP) is -1.76. The second kappa shape index (κ2) is 13.1. The minimum Gasteiger partial charge on any atom is -0.508 e. The maximum absolute atomic E-state index is 12.2. The van der Waals surface area contributed by atoms with Crippen LogP contribution in [-0.4, -0.2) is 110 Å². The number of aliphatic hydroxyl groups is 6. The zero-order valence-electron chi connectivity index (χ0n) is 20.2. The number of phenols is 1. The lowest BCUT2D eigenvalue weighted by Crippen LogP contribution is -2.59. The molecule has 2 fully saturated rings. The third-order valence-electron chi connectivity index (χ3n) is 5.96. The van der Waals surface area contributed by atoms with Gasteiger partial charge in [-0.25, -0.2) is 9.59 Å². The number of esters is 2. The average molecular weight is 539 g/mol. The van der Waals surface area contributed by atoms with Gasteiger partial charge >= 0.3 is 11.9 Å². The molecule has 0 unspecified atom stereocenters.